The molecule has 162 valence electrons. The molecule has 5 rings (SSSR count). The van der Waals surface area contributed by atoms with Crippen molar-refractivity contribution >= 4 is 26.6 Å². The summed E-state index contributed by atoms with van der Waals surface area (Å²) >= 11 is 0. The van der Waals surface area contributed by atoms with Crippen LogP contribution in [0.2, 0.25) is 0 Å². The summed E-state index contributed by atoms with van der Waals surface area (Å²) in [7, 11) is -2.20. The van der Waals surface area contributed by atoms with Crippen LogP contribution in [0.3, 0.4) is 0 Å². The molecule has 31 heavy (non-hydrogen) atoms. The number of pyridine rings is 1. The highest BCUT2D eigenvalue weighted by atomic mass is 32.2. The molecule has 1 aliphatic rings. The standard InChI is InChI=1S/C19H17F3N6O2S/c1-3-31(29,30)18-14(16-23-7-6-13(10-4-5-10)28(16)26-18)17-25-12-8-11(19(20,21)22)9-24-15(12)27(17)2/h6-10H,3-5H2,1-2H3. The molecule has 0 aromatic carbocycles. The second kappa shape index (κ2) is 6.49. The molecule has 0 bridgehead atoms. The third-order valence-electron chi connectivity index (χ3n) is 5.45. The fourth-order valence-corrected chi connectivity index (χ4v) is 4.61. The zero-order chi connectivity index (χ0) is 22.1. The van der Waals surface area contributed by atoms with Crippen molar-refractivity contribution in [2.45, 2.75) is 36.9 Å². The van der Waals surface area contributed by atoms with Gasteiger partial charge in [-0.05, 0) is 25.0 Å². The van der Waals surface area contributed by atoms with E-state index in [1.807, 2.05) is 0 Å². The van der Waals surface area contributed by atoms with Crippen LogP contribution in [-0.4, -0.2) is 43.3 Å². The molecule has 8 nitrogen and oxygen atoms in total. The van der Waals surface area contributed by atoms with Crippen molar-refractivity contribution in [3.63, 3.8) is 0 Å². The van der Waals surface area contributed by atoms with Crippen LogP contribution in [0.4, 0.5) is 13.2 Å². The molecule has 0 saturated heterocycles. The summed E-state index contributed by atoms with van der Waals surface area (Å²) in [5.74, 6) is 0.222. The summed E-state index contributed by atoms with van der Waals surface area (Å²) in [6, 6.07) is 2.70. The maximum absolute atomic E-state index is 13.1. The predicted octanol–water partition coefficient (Wildman–Crippen LogP) is 3.37. The van der Waals surface area contributed by atoms with Crippen LogP contribution in [0.15, 0.2) is 29.6 Å². The number of nitrogens with zero attached hydrogens (tertiary/aromatic N) is 6. The van der Waals surface area contributed by atoms with E-state index in [1.54, 1.807) is 19.3 Å². The van der Waals surface area contributed by atoms with Crippen LogP contribution in [0, 0.1) is 0 Å². The highest BCUT2D eigenvalue weighted by Crippen LogP contribution is 2.41. The van der Waals surface area contributed by atoms with Gasteiger partial charge in [0.2, 0.25) is 0 Å². The average molecular weight is 450 g/mol. The minimum absolute atomic E-state index is 0.00451. The Kier molecular flexibility index (Phi) is 4.17. The lowest BCUT2D eigenvalue weighted by Gasteiger charge is -2.05. The number of hydrogen-bond donors (Lipinski definition) is 0. The summed E-state index contributed by atoms with van der Waals surface area (Å²) in [5.41, 5.74) is 0.579. The van der Waals surface area contributed by atoms with Crippen LogP contribution in [-0.2, 0) is 23.1 Å². The van der Waals surface area contributed by atoms with E-state index in [4.69, 9.17) is 0 Å². The van der Waals surface area contributed by atoms with E-state index >= 15 is 0 Å². The third-order valence-corrected chi connectivity index (χ3v) is 7.08. The van der Waals surface area contributed by atoms with Gasteiger partial charge in [-0.1, -0.05) is 6.92 Å². The Bertz CT molecular complexity index is 1450. The van der Waals surface area contributed by atoms with Crippen LogP contribution in [0.25, 0.3) is 28.2 Å². The summed E-state index contributed by atoms with van der Waals surface area (Å²) in [6.07, 6.45) is -0.307. The lowest BCUT2D eigenvalue weighted by Crippen LogP contribution is -2.07. The molecule has 1 saturated carbocycles. The molecule has 4 heterocycles. The molecular formula is C19H17F3N6O2S. The van der Waals surface area contributed by atoms with Crippen LogP contribution in [0.1, 0.15) is 36.9 Å². The van der Waals surface area contributed by atoms with Gasteiger partial charge in [-0.2, -0.15) is 18.3 Å². The monoisotopic (exact) mass is 450 g/mol. The molecule has 4 aromatic rings. The fourth-order valence-electron chi connectivity index (χ4n) is 3.64. The number of imidazole rings is 1. The number of rotatable bonds is 4. The van der Waals surface area contributed by atoms with E-state index in [9.17, 15) is 21.6 Å². The van der Waals surface area contributed by atoms with Crippen molar-refractivity contribution in [3.8, 4) is 11.4 Å². The predicted molar refractivity (Wildman–Crippen MR) is 105 cm³/mol. The van der Waals surface area contributed by atoms with Gasteiger partial charge >= 0.3 is 6.18 Å². The quantitative estimate of drug-likeness (QED) is 0.473. The first-order valence-electron chi connectivity index (χ1n) is 9.62. The van der Waals surface area contributed by atoms with Crippen molar-refractivity contribution in [3.05, 3.63) is 35.8 Å². The van der Waals surface area contributed by atoms with Gasteiger partial charge in [-0.15, -0.1) is 0 Å². The van der Waals surface area contributed by atoms with Gasteiger partial charge < -0.3 is 4.57 Å². The molecule has 0 radical (unpaired) electrons. The Hall–Kier alpha value is -3.02. The first-order chi connectivity index (χ1) is 14.6. The Morgan fingerprint density at radius 1 is 1.19 bits per heavy atom. The topological polar surface area (TPSA) is 95.0 Å². The number of halogens is 3. The Balaban J connectivity index is 1.84. The largest absolute Gasteiger partial charge is 0.417 e. The lowest BCUT2D eigenvalue weighted by molar-refractivity contribution is -0.137. The molecule has 1 aliphatic carbocycles. The van der Waals surface area contributed by atoms with Gasteiger partial charge in [0.05, 0.1) is 11.3 Å². The molecule has 12 heteroatoms. The first-order valence-corrected chi connectivity index (χ1v) is 11.3. The third kappa shape index (κ3) is 3.08. The minimum Gasteiger partial charge on any atom is -0.312 e. The number of fused-ring (bicyclic) bond motifs is 2. The highest BCUT2D eigenvalue weighted by Gasteiger charge is 2.34. The second-order valence-corrected chi connectivity index (χ2v) is 9.72. The summed E-state index contributed by atoms with van der Waals surface area (Å²) in [6.45, 7) is 1.50. The van der Waals surface area contributed by atoms with E-state index in [0.29, 0.717) is 5.65 Å². The highest BCUT2D eigenvalue weighted by molar-refractivity contribution is 7.91. The number of sulfone groups is 1. The average Bonchev–Trinajstić information content (AvgIpc) is 3.42. The smallest absolute Gasteiger partial charge is 0.312 e. The summed E-state index contributed by atoms with van der Waals surface area (Å²) in [5, 5.41) is 4.18. The first kappa shape index (κ1) is 19.9. The summed E-state index contributed by atoms with van der Waals surface area (Å²) < 4.78 is 68.1. The van der Waals surface area contributed by atoms with E-state index in [1.165, 1.54) is 16.0 Å². The van der Waals surface area contributed by atoms with Crippen molar-refractivity contribution in [2.75, 3.05) is 5.75 Å². The zero-order valence-electron chi connectivity index (χ0n) is 16.5. The number of alkyl halides is 3. The van der Waals surface area contributed by atoms with Crippen molar-refractivity contribution in [1.82, 2.24) is 29.1 Å². The maximum Gasteiger partial charge on any atom is 0.417 e. The molecule has 4 aromatic heterocycles. The maximum atomic E-state index is 13.1. The lowest BCUT2D eigenvalue weighted by atomic mass is 10.2. The normalized spacial score (nSPS) is 15.3. The zero-order valence-corrected chi connectivity index (χ0v) is 17.4. The number of aromatic nitrogens is 6. The molecular weight excluding hydrogens is 433 g/mol. The fraction of sp³-hybridized carbons (Fsp3) is 0.368. The summed E-state index contributed by atoms with van der Waals surface area (Å²) in [4.78, 5) is 12.6. The Labute approximate surface area is 174 Å². The van der Waals surface area contributed by atoms with Gasteiger partial charge in [0, 0.05) is 31.1 Å². The van der Waals surface area contributed by atoms with Crippen molar-refractivity contribution < 1.29 is 21.6 Å². The van der Waals surface area contributed by atoms with Crippen LogP contribution >= 0.6 is 0 Å². The molecule has 0 atom stereocenters. The molecule has 0 aliphatic heterocycles. The SMILES string of the molecule is CCS(=O)(=O)c1nn2c(C3CC3)ccnc2c1-c1nc2cc(C(F)(F)F)cnc2n1C. The Morgan fingerprint density at radius 3 is 2.58 bits per heavy atom. The molecule has 0 N–H and O–H groups in total. The van der Waals surface area contributed by atoms with Crippen molar-refractivity contribution in [2.24, 2.45) is 7.05 Å². The molecule has 0 amide bonds. The minimum atomic E-state index is -4.57. The van der Waals surface area contributed by atoms with Gasteiger partial charge in [-0.25, -0.2) is 27.9 Å². The van der Waals surface area contributed by atoms with E-state index in [0.717, 1.165) is 30.8 Å². The van der Waals surface area contributed by atoms with Gasteiger partial charge in [0.15, 0.2) is 26.2 Å². The van der Waals surface area contributed by atoms with Gasteiger partial charge in [0.1, 0.15) is 16.9 Å². The number of aryl methyl sites for hydroxylation is 1. The van der Waals surface area contributed by atoms with Crippen molar-refractivity contribution in [1.29, 1.82) is 0 Å². The van der Waals surface area contributed by atoms with E-state index in [2.05, 4.69) is 20.1 Å². The molecule has 1 fully saturated rings. The van der Waals surface area contributed by atoms with Crippen LogP contribution in [0.5, 0.6) is 0 Å². The van der Waals surface area contributed by atoms with Gasteiger partial charge in [0.25, 0.3) is 0 Å². The van der Waals surface area contributed by atoms with Gasteiger partial charge in [-0.3, -0.25) is 0 Å². The molecule has 0 unspecified atom stereocenters. The Morgan fingerprint density at radius 2 is 1.94 bits per heavy atom. The molecule has 0 spiro atoms. The van der Waals surface area contributed by atoms with E-state index in [-0.39, 0.29) is 39.2 Å². The second-order valence-electron chi connectivity index (χ2n) is 7.52. The van der Waals surface area contributed by atoms with Crippen LogP contribution < -0.4 is 0 Å². The van der Waals surface area contributed by atoms with E-state index < -0.39 is 21.6 Å². The number of hydrogen-bond acceptors (Lipinski definition) is 6.